The number of carbonyl (C=O) groups is 2. The first-order valence-electron chi connectivity index (χ1n) is 17.6. The highest BCUT2D eigenvalue weighted by Gasteiger charge is 2.23. The Balaban J connectivity index is 1.11. The summed E-state index contributed by atoms with van der Waals surface area (Å²) in [5.41, 5.74) is 8.30. The van der Waals surface area contributed by atoms with Crippen molar-refractivity contribution in [2.75, 3.05) is 27.2 Å². The van der Waals surface area contributed by atoms with E-state index in [0.717, 1.165) is 51.8 Å². The summed E-state index contributed by atoms with van der Waals surface area (Å²) in [6.45, 7) is 4.43. The van der Waals surface area contributed by atoms with Crippen LogP contribution in [0.3, 0.4) is 0 Å². The number of hydrogen-bond donors (Lipinski definition) is 3. The third kappa shape index (κ3) is 7.43. The molecule has 2 fully saturated rings. The highest BCUT2D eigenvalue weighted by atomic mass is 35.5. The highest BCUT2D eigenvalue weighted by molar-refractivity contribution is 6.36. The Hall–Kier alpha value is -5.10. The predicted octanol–water partition coefficient (Wildman–Crippen LogP) is 5.14. The third-order valence-electron chi connectivity index (χ3n) is 9.97. The maximum absolute atomic E-state index is 13.4. The Morgan fingerprint density at radius 3 is 2.37 bits per heavy atom. The van der Waals surface area contributed by atoms with Crippen LogP contribution in [0.15, 0.2) is 77.9 Å². The lowest BCUT2D eigenvalue weighted by Gasteiger charge is -2.20. The van der Waals surface area contributed by atoms with Crippen LogP contribution in [0.2, 0.25) is 5.02 Å². The zero-order valence-corrected chi connectivity index (χ0v) is 30.3. The first-order valence-corrected chi connectivity index (χ1v) is 18.0. The second-order valence-corrected chi connectivity index (χ2v) is 14.1. The zero-order chi connectivity index (χ0) is 36.4. The van der Waals surface area contributed by atoms with Gasteiger partial charge in [0.15, 0.2) is 0 Å². The molecule has 2 aromatic carbocycles. The van der Waals surface area contributed by atoms with Crippen molar-refractivity contribution < 1.29 is 14.3 Å². The van der Waals surface area contributed by atoms with Gasteiger partial charge in [-0.1, -0.05) is 54.1 Å². The normalized spacial score (nSPS) is 17.2. The summed E-state index contributed by atoms with van der Waals surface area (Å²) < 4.78 is 7.25. The Kier molecular flexibility index (Phi) is 10.4. The predicted molar refractivity (Wildman–Crippen MR) is 202 cm³/mol. The van der Waals surface area contributed by atoms with Crippen LogP contribution in [0.4, 0.5) is 0 Å². The molecule has 2 atom stereocenters. The lowest BCUT2D eigenvalue weighted by atomic mass is 9.92. The molecule has 5 aromatic rings. The minimum absolute atomic E-state index is 0.0808. The minimum atomic E-state index is -0.110. The Bertz CT molecular complexity index is 2220. The number of halogens is 1. The molecule has 7 rings (SSSR count). The Morgan fingerprint density at radius 1 is 0.923 bits per heavy atom. The summed E-state index contributed by atoms with van der Waals surface area (Å²) in [6, 6.07) is 20.1. The van der Waals surface area contributed by atoms with Crippen molar-refractivity contribution in [2.45, 2.75) is 57.8 Å². The summed E-state index contributed by atoms with van der Waals surface area (Å²) >= 11 is 7.15. The van der Waals surface area contributed by atoms with Gasteiger partial charge < -0.3 is 20.7 Å². The van der Waals surface area contributed by atoms with Gasteiger partial charge in [0, 0.05) is 80.2 Å². The van der Waals surface area contributed by atoms with Crippen LogP contribution < -0.4 is 26.2 Å². The summed E-state index contributed by atoms with van der Waals surface area (Å²) in [5.74, 6) is 0.697. The van der Waals surface area contributed by atoms with Crippen LogP contribution in [-0.4, -0.2) is 70.4 Å². The molecule has 3 N–H and O–H groups in total. The molecule has 0 saturated carbocycles. The Labute approximate surface area is 307 Å². The molecule has 2 amide bonds. The first kappa shape index (κ1) is 35.3. The van der Waals surface area contributed by atoms with Gasteiger partial charge >= 0.3 is 0 Å². The average Bonchev–Trinajstić information content (AvgIpc) is 3.76. The van der Waals surface area contributed by atoms with E-state index in [1.54, 1.807) is 23.9 Å². The lowest BCUT2D eigenvalue weighted by molar-refractivity contribution is -0.120. The SMILES string of the molecule is COc1nc(-c2cccc(-c3cccc(-c4ccn5c(=O)c(CN(C)C[C@H]6CCC(=O)N6)cnc5c4)c3C)c2Cl)ccc1CNC[C@H]1CCC(=O)N1. The van der Waals surface area contributed by atoms with Gasteiger partial charge in [-0.05, 0) is 67.3 Å². The highest BCUT2D eigenvalue weighted by Crippen LogP contribution is 2.40. The van der Waals surface area contributed by atoms with Crippen LogP contribution in [0.25, 0.3) is 39.2 Å². The van der Waals surface area contributed by atoms with E-state index in [9.17, 15) is 14.4 Å². The van der Waals surface area contributed by atoms with Gasteiger partial charge in [0.2, 0.25) is 17.7 Å². The number of nitrogens with one attached hydrogen (secondary N) is 3. The number of benzene rings is 2. The average molecular weight is 720 g/mol. The molecule has 0 bridgehead atoms. The molecule has 11 nitrogen and oxygen atoms in total. The molecule has 0 spiro atoms. The number of fused-ring (bicyclic) bond motifs is 1. The lowest BCUT2D eigenvalue weighted by Crippen LogP contribution is -2.37. The monoisotopic (exact) mass is 719 g/mol. The number of amides is 2. The fraction of sp³-hybridized carbons (Fsp3) is 0.325. The number of likely N-dealkylation sites (N-methyl/N-ethyl adjacent to an activating group) is 1. The van der Waals surface area contributed by atoms with Gasteiger partial charge in [0.1, 0.15) is 5.65 Å². The van der Waals surface area contributed by atoms with Crippen molar-refractivity contribution in [3.63, 3.8) is 0 Å². The molecule has 12 heteroatoms. The summed E-state index contributed by atoms with van der Waals surface area (Å²) in [7, 11) is 3.56. The van der Waals surface area contributed by atoms with Crippen molar-refractivity contribution in [3.05, 3.63) is 105 Å². The molecule has 0 aliphatic carbocycles. The molecule has 3 aromatic heterocycles. The van der Waals surface area contributed by atoms with E-state index < -0.39 is 0 Å². The van der Waals surface area contributed by atoms with Gasteiger partial charge in [-0.2, -0.15) is 0 Å². The molecule has 268 valence electrons. The molecular formula is C40H42ClN7O4. The van der Waals surface area contributed by atoms with Gasteiger partial charge in [0.25, 0.3) is 5.56 Å². The number of rotatable bonds is 12. The fourth-order valence-electron chi connectivity index (χ4n) is 7.25. The maximum atomic E-state index is 13.4. The van der Waals surface area contributed by atoms with E-state index in [1.165, 1.54) is 0 Å². The smallest absolute Gasteiger partial charge is 0.262 e. The van der Waals surface area contributed by atoms with Crippen molar-refractivity contribution in [1.82, 2.24) is 35.2 Å². The van der Waals surface area contributed by atoms with E-state index >= 15 is 0 Å². The van der Waals surface area contributed by atoms with Crippen LogP contribution in [-0.2, 0) is 22.7 Å². The van der Waals surface area contributed by atoms with Gasteiger partial charge in [-0.3, -0.25) is 23.7 Å². The molecular weight excluding hydrogens is 678 g/mol. The first-order chi connectivity index (χ1) is 25.2. The number of hydrogen-bond acceptors (Lipinski definition) is 8. The van der Waals surface area contributed by atoms with Crippen molar-refractivity contribution in [1.29, 1.82) is 0 Å². The van der Waals surface area contributed by atoms with E-state index in [-0.39, 0.29) is 29.5 Å². The molecule has 5 heterocycles. The summed E-state index contributed by atoms with van der Waals surface area (Å²) in [4.78, 5) is 48.1. The van der Waals surface area contributed by atoms with Crippen LogP contribution >= 0.6 is 11.6 Å². The summed E-state index contributed by atoms with van der Waals surface area (Å²) in [6.07, 6.45) is 6.21. The molecule has 52 heavy (non-hydrogen) atoms. The van der Waals surface area contributed by atoms with Crippen LogP contribution in [0, 0.1) is 6.92 Å². The van der Waals surface area contributed by atoms with Gasteiger partial charge in [-0.25, -0.2) is 9.97 Å². The second-order valence-electron chi connectivity index (χ2n) is 13.7. The number of ether oxygens (including phenoxy) is 1. The number of pyridine rings is 2. The summed E-state index contributed by atoms with van der Waals surface area (Å²) in [5, 5.41) is 9.95. The molecule has 0 unspecified atom stereocenters. The molecule has 2 aliphatic rings. The zero-order valence-electron chi connectivity index (χ0n) is 29.5. The van der Waals surface area contributed by atoms with Crippen molar-refractivity contribution in [2.24, 2.45) is 0 Å². The topological polar surface area (TPSA) is 130 Å². The standard InChI is InChI=1S/C40H42ClN7O4/c1-24-30(25-16-17-48-35(18-25)43-20-27(40(48)51)22-47(2)23-29-12-15-37(50)45-29)6-4-7-31(24)32-8-5-9-33(38(32)41)34-13-10-26(39(46-34)52-3)19-42-21-28-11-14-36(49)44-28/h4-10,13,16-18,20,28-29,42H,11-12,14-15,19,21-23H2,1-3H3,(H,44,49)(H,45,50)/t28-,29-/m1/s1. The second kappa shape index (κ2) is 15.2. The van der Waals surface area contributed by atoms with Gasteiger partial charge in [0.05, 0.1) is 23.4 Å². The van der Waals surface area contributed by atoms with Crippen molar-refractivity contribution in [3.8, 4) is 39.4 Å². The maximum Gasteiger partial charge on any atom is 0.262 e. The van der Waals surface area contributed by atoms with E-state index in [2.05, 4.69) is 40.0 Å². The number of methoxy groups -OCH3 is 1. The minimum Gasteiger partial charge on any atom is -0.481 e. The number of nitrogens with zero attached hydrogens (tertiary/aromatic N) is 4. The molecule has 2 saturated heterocycles. The van der Waals surface area contributed by atoms with E-state index in [0.29, 0.717) is 66.8 Å². The van der Waals surface area contributed by atoms with Gasteiger partial charge in [-0.15, -0.1) is 0 Å². The Morgan fingerprint density at radius 2 is 1.63 bits per heavy atom. The molecule has 0 radical (unpaired) electrons. The number of aromatic nitrogens is 3. The largest absolute Gasteiger partial charge is 0.481 e. The van der Waals surface area contributed by atoms with E-state index in [4.69, 9.17) is 21.3 Å². The molecule has 2 aliphatic heterocycles. The fourth-order valence-corrected chi connectivity index (χ4v) is 7.58. The van der Waals surface area contributed by atoms with E-state index in [1.807, 2.05) is 60.5 Å². The van der Waals surface area contributed by atoms with Crippen LogP contribution in [0.1, 0.15) is 42.4 Å². The van der Waals surface area contributed by atoms with Crippen LogP contribution in [0.5, 0.6) is 5.88 Å². The number of carbonyl (C=O) groups excluding carboxylic acids is 2. The van der Waals surface area contributed by atoms with Crippen molar-refractivity contribution >= 4 is 29.1 Å². The third-order valence-corrected chi connectivity index (χ3v) is 10.4. The quantitative estimate of drug-likeness (QED) is 0.162.